The Bertz CT molecular complexity index is 404. The Kier molecular flexibility index (Phi) is 5.64. The Morgan fingerprint density at radius 2 is 2.00 bits per heavy atom. The monoisotopic (exact) mass is 298 g/mol. The smallest absolute Gasteiger partial charge is 0.258 e. The topological polar surface area (TPSA) is 52.2 Å². The first-order chi connectivity index (χ1) is 10.2. The van der Waals surface area contributed by atoms with Gasteiger partial charge >= 0.3 is 0 Å². The van der Waals surface area contributed by atoms with E-state index in [1.54, 1.807) is 21.3 Å². The molecule has 2 atom stereocenters. The highest BCUT2D eigenvalue weighted by Gasteiger charge is 2.47. The average Bonchev–Trinajstić information content (AvgIpc) is 2.55. The number of ether oxygens (including phenoxy) is 4. The molecule has 21 heavy (non-hydrogen) atoms. The fraction of sp³-hybridized carbons (Fsp3) is 0.733. The summed E-state index contributed by atoms with van der Waals surface area (Å²) in [5.41, 5.74) is 1.09. The molecule has 1 fully saturated rings. The number of methoxy groups -OCH3 is 3. The van der Waals surface area contributed by atoms with Crippen LogP contribution < -0.4 is 5.32 Å². The molecule has 0 amide bonds. The van der Waals surface area contributed by atoms with Crippen molar-refractivity contribution in [3.8, 4) is 0 Å². The molecular weight excluding hydrogens is 272 g/mol. The summed E-state index contributed by atoms with van der Waals surface area (Å²) >= 11 is 0. The fourth-order valence-electron chi connectivity index (χ4n) is 2.88. The lowest BCUT2D eigenvalue weighted by molar-refractivity contribution is -0.257. The van der Waals surface area contributed by atoms with Gasteiger partial charge in [-0.25, -0.2) is 0 Å². The molecule has 0 radical (unpaired) electrons. The van der Waals surface area contributed by atoms with E-state index in [9.17, 15) is 0 Å². The zero-order valence-electron chi connectivity index (χ0n) is 13.3. The zero-order chi connectivity index (χ0) is 15.3. The lowest BCUT2D eigenvalue weighted by Crippen LogP contribution is -2.52. The number of rotatable bonds is 6. The molecule has 120 valence electrons. The predicted molar refractivity (Wildman–Crippen MR) is 79.8 cm³/mol. The SMILES string of the molecule is CCOC1(OC)C(OC)=CC(N2CCNCC2)=CC1OC. The van der Waals surface area contributed by atoms with Crippen molar-refractivity contribution < 1.29 is 18.9 Å². The summed E-state index contributed by atoms with van der Waals surface area (Å²) in [7, 11) is 4.90. The molecule has 1 saturated heterocycles. The van der Waals surface area contributed by atoms with E-state index in [-0.39, 0.29) is 6.10 Å². The Morgan fingerprint density at radius 1 is 1.29 bits per heavy atom. The highest BCUT2D eigenvalue weighted by Crippen LogP contribution is 2.36. The molecular formula is C15H26N2O4. The quantitative estimate of drug-likeness (QED) is 0.729. The van der Waals surface area contributed by atoms with Crippen molar-refractivity contribution in [2.45, 2.75) is 18.8 Å². The van der Waals surface area contributed by atoms with Gasteiger partial charge in [-0.2, -0.15) is 0 Å². The Labute approximate surface area is 126 Å². The molecule has 2 aliphatic rings. The number of nitrogens with zero attached hydrogens (tertiary/aromatic N) is 1. The van der Waals surface area contributed by atoms with E-state index in [1.807, 2.05) is 19.1 Å². The van der Waals surface area contributed by atoms with Crippen LogP contribution in [-0.4, -0.2) is 70.9 Å². The second-order valence-corrected chi connectivity index (χ2v) is 5.00. The maximum absolute atomic E-state index is 5.85. The molecule has 0 aromatic carbocycles. The summed E-state index contributed by atoms with van der Waals surface area (Å²) in [4.78, 5) is 2.31. The van der Waals surface area contributed by atoms with Gasteiger partial charge in [0.05, 0.1) is 7.11 Å². The van der Waals surface area contributed by atoms with Crippen molar-refractivity contribution in [3.05, 3.63) is 23.6 Å². The minimum absolute atomic E-state index is 0.354. The minimum Gasteiger partial charge on any atom is -0.495 e. The molecule has 2 unspecified atom stereocenters. The number of piperazine rings is 1. The zero-order valence-corrected chi connectivity index (χ0v) is 13.3. The van der Waals surface area contributed by atoms with Crippen LogP contribution >= 0.6 is 0 Å². The summed E-state index contributed by atoms with van der Waals surface area (Å²) in [6.07, 6.45) is 3.68. The van der Waals surface area contributed by atoms with Gasteiger partial charge in [-0.3, -0.25) is 0 Å². The summed E-state index contributed by atoms with van der Waals surface area (Å²) in [6.45, 7) is 6.31. The minimum atomic E-state index is -1.02. The molecule has 2 rings (SSSR count). The van der Waals surface area contributed by atoms with Crippen LogP contribution in [0.5, 0.6) is 0 Å². The molecule has 6 nitrogen and oxygen atoms in total. The maximum Gasteiger partial charge on any atom is 0.258 e. The molecule has 1 N–H and O–H groups in total. The lowest BCUT2D eigenvalue weighted by atomic mass is 9.98. The Hall–Kier alpha value is -1.08. The number of allylic oxidation sites excluding steroid dienone is 1. The highest BCUT2D eigenvalue weighted by atomic mass is 16.7. The summed E-state index contributed by atoms with van der Waals surface area (Å²) in [5, 5.41) is 3.35. The lowest BCUT2D eigenvalue weighted by Gasteiger charge is -2.42. The van der Waals surface area contributed by atoms with Gasteiger partial charge in [-0.15, -0.1) is 0 Å². The van der Waals surface area contributed by atoms with Crippen LogP contribution in [0.1, 0.15) is 6.92 Å². The normalized spacial score (nSPS) is 29.9. The van der Waals surface area contributed by atoms with Crippen molar-refractivity contribution in [3.63, 3.8) is 0 Å². The molecule has 0 bridgehead atoms. The van der Waals surface area contributed by atoms with Crippen molar-refractivity contribution in [1.82, 2.24) is 10.2 Å². The van der Waals surface area contributed by atoms with Crippen LogP contribution in [0.3, 0.4) is 0 Å². The fourth-order valence-corrected chi connectivity index (χ4v) is 2.88. The molecule has 1 aliphatic heterocycles. The second-order valence-electron chi connectivity index (χ2n) is 5.00. The van der Waals surface area contributed by atoms with Crippen LogP contribution in [0, 0.1) is 0 Å². The van der Waals surface area contributed by atoms with Crippen molar-refractivity contribution in [2.75, 3.05) is 54.1 Å². The van der Waals surface area contributed by atoms with E-state index in [0.29, 0.717) is 12.4 Å². The third-order valence-electron chi connectivity index (χ3n) is 3.94. The van der Waals surface area contributed by atoms with Gasteiger partial charge in [-0.05, 0) is 13.0 Å². The van der Waals surface area contributed by atoms with Crippen LogP contribution in [-0.2, 0) is 18.9 Å². The van der Waals surface area contributed by atoms with Crippen molar-refractivity contribution in [2.24, 2.45) is 0 Å². The molecule has 1 aliphatic carbocycles. The van der Waals surface area contributed by atoms with E-state index >= 15 is 0 Å². The molecule has 0 aromatic heterocycles. The van der Waals surface area contributed by atoms with Crippen molar-refractivity contribution in [1.29, 1.82) is 0 Å². The summed E-state index contributed by atoms with van der Waals surface area (Å²) < 4.78 is 22.7. The standard InChI is InChI=1S/C15H26N2O4/c1-5-21-15(20-4)13(18-2)10-12(11-14(15)19-3)17-8-6-16-7-9-17/h10-11,13,16H,5-9H2,1-4H3. The third-order valence-corrected chi connectivity index (χ3v) is 3.94. The largest absolute Gasteiger partial charge is 0.495 e. The Morgan fingerprint density at radius 3 is 2.52 bits per heavy atom. The van der Waals surface area contributed by atoms with Gasteiger partial charge < -0.3 is 29.2 Å². The number of nitrogens with one attached hydrogen (secondary N) is 1. The highest BCUT2D eigenvalue weighted by molar-refractivity contribution is 5.33. The second kappa shape index (κ2) is 7.26. The first-order valence-electron chi connectivity index (χ1n) is 7.37. The molecule has 0 aromatic rings. The molecule has 6 heteroatoms. The molecule has 0 spiro atoms. The molecule has 1 heterocycles. The number of hydrogen-bond acceptors (Lipinski definition) is 6. The van der Waals surface area contributed by atoms with E-state index < -0.39 is 5.79 Å². The van der Waals surface area contributed by atoms with Gasteiger partial charge in [0.2, 0.25) is 0 Å². The van der Waals surface area contributed by atoms with Gasteiger partial charge in [0.15, 0.2) is 5.76 Å². The van der Waals surface area contributed by atoms with E-state index in [1.165, 1.54) is 0 Å². The van der Waals surface area contributed by atoms with Crippen LogP contribution in [0.2, 0.25) is 0 Å². The summed E-state index contributed by atoms with van der Waals surface area (Å²) in [5.74, 6) is -0.384. The van der Waals surface area contributed by atoms with Crippen LogP contribution in [0.25, 0.3) is 0 Å². The first-order valence-corrected chi connectivity index (χ1v) is 7.37. The van der Waals surface area contributed by atoms with Crippen molar-refractivity contribution >= 4 is 0 Å². The van der Waals surface area contributed by atoms with Gasteiger partial charge in [0.1, 0.15) is 6.10 Å². The van der Waals surface area contributed by atoms with Gasteiger partial charge in [0.25, 0.3) is 5.79 Å². The third kappa shape index (κ3) is 3.08. The van der Waals surface area contributed by atoms with Gasteiger partial charge in [-0.1, -0.05) is 0 Å². The summed E-state index contributed by atoms with van der Waals surface area (Å²) in [6, 6.07) is 0. The molecule has 0 saturated carbocycles. The van der Waals surface area contributed by atoms with Crippen LogP contribution in [0.4, 0.5) is 0 Å². The average molecular weight is 298 g/mol. The predicted octanol–water partition coefficient (Wildman–Crippen LogP) is 0.714. The first kappa shape index (κ1) is 16.3. The van der Waals surface area contributed by atoms with Gasteiger partial charge in [0, 0.05) is 58.8 Å². The van der Waals surface area contributed by atoms with E-state index in [2.05, 4.69) is 10.2 Å². The van der Waals surface area contributed by atoms with E-state index in [4.69, 9.17) is 18.9 Å². The number of hydrogen-bond donors (Lipinski definition) is 1. The van der Waals surface area contributed by atoms with E-state index in [0.717, 1.165) is 31.9 Å². The van der Waals surface area contributed by atoms with Crippen LogP contribution in [0.15, 0.2) is 23.6 Å². The maximum atomic E-state index is 5.85. The Balaban J connectivity index is 2.32.